The van der Waals surface area contributed by atoms with Crippen LogP contribution in [0, 0.1) is 5.82 Å². The Morgan fingerprint density at radius 1 is 1.46 bits per heavy atom. The van der Waals surface area contributed by atoms with Crippen LogP contribution in [0.5, 0.6) is 5.75 Å². The van der Waals surface area contributed by atoms with E-state index in [4.69, 9.17) is 9.47 Å². The van der Waals surface area contributed by atoms with Crippen LogP contribution >= 0.6 is 11.3 Å². The van der Waals surface area contributed by atoms with Crippen molar-refractivity contribution in [3.8, 4) is 17.0 Å². The molecule has 1 atom stereocenters. The van der Waals surface area contributed by atoms with E-state index >= 15 is 0 Å². The molecule has 3 aromatic rings. The summed E-state index contributed by atoms with van der Waals surface area (Å²) in [6.45, 7) is 0.215. The Labute approximate surface area is 153 Å². The number of imidazole rings is 1. The van der Waals surface area contributed by atoms with Gasteiger partial charge < -0.3 is 19.9 Å². The Morgan fingerprint density at radius 2 is 2.27 bits per heavy atom. The lowest BCUT2D eigenvalue weighted by atomic mass is 10.1. The number of carbonyl (C=O) groups is 1. The molecule has 1 amide bonds. The number of rotatable bonds is 7. The predicted octanol–water partition coefficient (Wildman–Crippen LogP) is 1.95. The number of aliphatic hydroxyl groups is 1. The van der Waals surface area contributed by atoms with Crippen LogP contribution in [0.25, 0.3) is 16.2 Å². The van der Waals surface area contributed by atoms with Crippen LogP contribution in [0.1, 0.15) is 10.5 Å². The molecule has 0 radical (unpaired) electrons. The summed E-state index contributed by atoms with van der Waals surface area (Å²) in [5.41, 5.74) is 1.52. The number of aliphatic hydroxyl groups excluding tert-OH is 1. The fourth-order valence-corrected chi connectivity index (χ4v) is 3.32. The molecule has 0 fully saturated rings. The molecule has 0 spiro atoms. The number of ether oxygens (including phenoxy) is 2. The van der Waals surface area contributed by atoms with Gasteiger partial charge in [0.2, 0.25) is 0 Å². The summed E-state index contributed by atoms with van der Waals surface area (Å²) in [6.07, 6.45) is 0.895. The maximum atomic E-state index is 13.9. The van der Waals surface area contributed by atoms with Crippen LogP contribution in [0.3, 0.4) is 0 Å². The summed E-state index contributed by atoms with van der Waals surface area (Å²) in [5.74, 6) is -0.660. The van der Waals surface area contributed by atoms with E-state index in [0.29, 0.717) is 21.9 Å². The van der Waals surface area contributed by atoms with Crippen LogP contribution in [-0.4, -0.2) is 53.9 Å². The number of fused-ring (bicyclic) bond motifs is 1. The number of amides is 1. The number of halogens is 1. The summed E-state index contributed by atoms with van der Waals surface area (Å²) in [6, 6.07) is 4.57. The fourth-order valence-electron chi connectivity index (χ4n) is 2.46. The van der Waals surface area contributed by atoms with Crippen molar-refractivity contribution in [2.75, 3.05) is 27.4 Å². The van der Waals surface area contributed by atoms with Crippen molar-refractivity contribution in [2.45, 2.75) is 6.10 Å². The van der Waals surface area contributed by atoms with Gasteiger partial charge >= 0.3 is 0 Å². The van der Waals surface area contributed by atoms with E-state index < -0.39 is 11.9 Å². The second kappa shape index (κ2) is 7.81. The third-order valence-electron chi connectivity index (χ3n) is 3.75. The van der Waals surface area contributed by atoms with Crippen LogP contribution < -0.4 is 10.1 Å². The maximum Gasteiger partial charge on any atom is 0.269 e. The lowest BCUT2D eigenvalue weighted by Crippen LogP contribution is -2.34. The Kier molecular flexibility index (Phi) is 5.50. The van der Waals surface area contributed by atoms with Gasteiger partial charge in [0.1, 0.15) is 5.69 Å². The first-order valence-electron chi connectivity index (χ1n) is 7.79. The van der Waals surface area contributed by atoms with Crippen LogP contribution in [-0.2, 0) is 4.74 Å². The molecule has 1 aromatic carbocycles. The second-order valence-corrected chi connectivity index (χ2v) is 6.40. The number of thiazole rings is 1. The number of methoxy groups -OCH3 is 2. The van der Waals surface area contributed by atoms with E-state index in [-0.39, 0.29) is 24.8 Å². The first kappa shape index (κ1) is 18.3. The molecule has 0 aliphatic carbocycles. The van der Waals surface area contributed by atoms with E-state index in [1.165, 1.54) is 37.7 Å². The van der Waals surface area contributed by atoms with Gasteiger partial charge in [-0.05, 0) is 18.2 Å². The monoisotopic (exact) mass is 379 g/mol. The van der Waals surface area contributed by atoms with Gasteiger partial charge in [-0.2, -0.15) is 0 Å². The Balaban J connectivity index is 1.82. The highest BCUT2D eigenvalue weighted by Gasteiger charge is 2.17. The molecule has 0 bridgehead atoms. The third-order valence-corrected chi connectivity index (χ3v) is 4.59. The number of hydrogen-bond acceptors (Lipinski definition) is 6. The smallest absolute Gasteiger partial charge is 0.269 e. The minimum absolute atomic E-state index is 0.0786. The van der Waals surface area contributed by atoms with Crippen molar-refractivity contribution in [3.05, 3.63) is 41.3 Å². The molecule has 26 heavy (non-hydrogen) atoms. The zero-order valence-electron chi connectivity index (χ0n) is 14.2. The van der Waals surface area contributed by atoms with Gasteiger partial charge in [0.25, 0.3) is 5.91 Å². The number of benzene rings is 1. The summed E-state index contributed by atoms with van der Waals surface area (Å²) >= 11 is 1.30. The topological polar surface area (TPSA) is 85.1 Å². The van der Waals surface area contributed by atoms with Crippen molar-refractivity contribution < 1.29 is 23.8 Å². The van der Waals surface area contributed by atoms with Crippen molar-refractivity contribution >= 4 is 22.2 Å². The molecule has 2 N–H and O–H groups in total. The molecule has 7 nitrogen and oxygen atoms in total. The molecule has 0 aliphatic rings. The first-order valence-corrected chi connectivity index (χ1v) is 8.67. The Hall–Kier alpha value is -2.49. The molecule has 3 rings (SSSR count). The molecule has 1 unspecified atom stereocenters. The number of aromatic nitrogens is 2. The van der Waals surface area contributed by atoms with E-state index in [2.05, 4.69) is 10.3 Å². The molecular formula is C17H18FN3O4S. The van der Waals surface area contributed by atoms with Gasteiger partial charge in [0.15, 0.2) is 16.5 Å². The number of nitrogens with one attached hydrogen (secondary N) is 1. The van der Waals surface area contributed by atoms with Gasteiger partial charge in [-0.3, -0.25) is 9.20 Å². The lowest BCUT2D eigenvalue weighted by Gasteiger charge is -2.10. The quantitative estimate of drug-likeness (QED) is 0.655. The predicted molar refractivity (Wildman–Crippen MR) is 95.2 cm³/mol. The standard InChI is InChI=1S/C17H18FN3O4S/c1-24-8-11(22)6-19-16(23)14-9-26-17-20-13(7-21(14)17)10-3-4-15(25-2)12(18)5-10/h3-5,7,9,11,22H,6,8H2,1-2H3,(H,19,23). The second-order valence-electron chi connectivity index (χ2n) is 5.57. The normalized spacial score (nSPS) is 12.3. The van der Waals surface area contributed by atoms with E-state index in [0.717, 1.165) is 0 Å². The zero-order valence-corrected chi connectivity index (χ0v) is 15.0. The molecule has 2 aromatic heterocycles. The molecule has 138 valence electrons. The van der Waals surface area contributed by atoms with Gasteiger partial charge in [-0.1, -0.05) is 0 Å². The Morgan fingerprint density at radius 3 is 2.96 bits per heavy atom. The summed E-state index contributed by atoms with van der Waals surface area (Å²) in [7, 11) is 2.88. The fraction of sp³-hybridized carbons (Fsp3) is 0.294. The summed E-state index contributed by atoms with van der Waals surface area (Å²) < 4.78 is 25.3. The van der Waals surface area contributed by atoms with Gasteiger partial charge in [-0.15, -0.1) is 11.3 Å². The Bertz CT molecular complexity index is 924. The van der Waals surface area contributed by atoms with Crippen molar-refractivity contribution in [1.29, 1.82) is 0 Å². The summed E-state index contributed by atoms with van der Waals surface area (Å²) in [4.78, 5) is 17.4. The van der Waals surface area contributed by atoms with E-state index in [1.807, 2.05) is 0 Å². The molecule has 0 saturated carbocycles. The lowest BCUT2D eigenvalue weighted by molar-refractivity contribution is 0.0608. The van der Waals surface area contributed by atoms with Crippen molar-refractivity contribution in [2.24, 2.45) is 0 Å². The number of carbonyl (C=O) groups excluding carboxylic acids is 1. The molecule has 0 aliphatic heterocycles. The summed E-state index contributed by atoms with van der Waals surface area (Å²) in [5, 5.41) is 14.0. The van der Waals surface area contributed by atoms with Gasteiger partial charge in [-0.25, -0.2) is 9.37 Å². The number of nitrogens with zero attached hydrogens (tertiary/aromatic N) is 2. The molecule has 9 heteroatoms. The van der Waals surface area contributed by atoms with E-state index in [1.54, 1.807) is 22.0 Å². The van der Waals surface area contributed by atoms with Crippen molar-refractivity contribution in [1.82, 2.24) is 14.7 Å². The molecular weight excluding hydrogens is 361 g/mol. The SMILES string of the molecule is COCC(O)CNC(=O)c1csc2nc(-c3ccc(OC)c(F)c3)cn12. The highest BCUT2D eigenvalue weighted by Crippen LogP contribution is 2.27. The highest BCUT2D eigenvalue weighted by molar-refractivity contribution is 7.15. The van der Waals surface area contributed by atoms with Crippen LogP contribution in [0.4, 0.5) is 4.39 Å². The first-order chi connectivity index (χ1) is 12.5. The van der Waals surface area contributed by atoms with Crippen LogP contribution in [0.15, 0.2) is 29.8 Å². The van der Waals surface area contributed by atoms with E-state index in [9.17, 15) is 14.3 Å². The zero-order chi connectivity index (χ0) is 18.7. The average Bonchev–Trinajstić information content (AvgIpc) is 3.20. The minimum Gasteiger partial charge on any atom is -0.494 e. The van der Waals surface area contributed by atoms with Gasteiger partial charge in [0, 0.05) is 30.8 Å². The molecule has 2 heterocycles. The largest absolute Gasteiger partial charge is 0.494 e. The van der Waals surface area contributed by atoms with Crippen LogP contribution in [0.2, 0.25) is 0 Å². The highest BCUT2D eigenvalue weighted by atomic mass is 32.1. The maximum absolute atomic E-state index is 13.9. The molecule has 0 saturated heterocycles. The average molecular weight is 379 g/mol. The minimum atomic E-state index is -0.779. The third kappa shape index (κ3) is 3.69. The number of hydrogen-bond donors (Lipinski definition) is 2. The van der Waals surface area contributed by atoms with Crippen molar-refractivity contribution in [3.63, 3.8) is 0 Å². The van der Waals surface area contributed by atoms with Gasteiger partial charge in [0.05, 0.1) is 25.5 Å².